The van der Waals surface area contributed by atoms with Crippen molar-refractivity contribution in [2.24, 2.45) is 5.92 Å². The van der Waals surface area contributed by atoms with Gasteiger partial charge in [0.1, 0.15) is 5.82 Å². The van der Waals surface area contributed by atoms with Crippen LogP contribution < -0.4 is 5.32 Å². The Labute approximate surface area is 123 Å². The number of aliphatic hydroxyl groups is 1. The smallest absolute Gasteiger partial charge is 0.244 e. The Kier molecular flexibility index (Phi) is 5.90. The number of amides is 1. The van der Waals surface area contributed by atoms with Crippen molar-refractivity contribution < 1.29 is 19.0 Å². The van der Waals surface area contributed by atoms with Gasteiger partial charge < -0.3 is 15.2 Å². The Hall–Kier alpha value is -1.72. The fourth-order valence-corrected chi connectivity index (χ4v) is 1.77. The highest BCUT2D eigenvalue weighted by molar-refractivity contribution is 5.91. The number of halogens is 1. The molecule has 1 fully saturated rings. The summed E-state index contributed by atoms with van der Waals surface area (Å²) in [6.07, 6.45) is 4.53. The van der Waals surface area contributed by atoms with E-state index in [1.165, 1.54) is 37.1 Å². The summed E-state index contributed by atoms with van der Waals surface area (Å²) in [5.41, 5.74) is 0.610. The Bertz CT molecular complexity index is 500. The van der Waals surface area contributed by atoms with Crippen LogP contribution in [0.4, 0.5) is 4.39 Å². The zero-order valence-electron chi connectivity index (χ0n) is 11.8. The SMILES string of the molecule is O=C(/C=C/c1cccc(F)c1)NCC(O)COCC1CC1. The number of hydrogen-bond donors (Lipinski definition) is 2. The van der Waals surface area contributed by atoms with Gasteiger partial charge in [0.15, 0.2) is 0 Å². The lowest BCUT2D eigenvalue weighted by Gasteiger charge is -2.11. The molecule has 4 nitrogen and oxygen atoms in total. The number of carbonyl (C=O) groups is 1. The van der Waals surface area contributed by atoms with E-state index in [1.54, 1.807) is 12.1 Å². The van der Waals surface area contributed by atoms with Gasteiger partial charge in [-0.05, 0) is 42.5 Å². The first-order valence-electron chi connectivity index (χ1n) is 7.11. The highest BCUT2D eigenvalue weighted by atomic mass is 19.1. The summed E-state index contributed by atoms with van der Waals surface area (Å²) < 4.78 is 18.3. The summed E-state index contributed by atoms with van der Waals surface area (Å²) in [6.45, 7) is 1.05. The first-order chi connectivity index (χ1) is 10.1. The molecule has 0 spiro atoms. The van der Waals surface area contributed by atoms with Crippen LogP contribution in [0.2, 0.25) is 0 Å². The van der Waals surface area contributed by atoms with E-state index < -0.39 is 6.10 Å². The summed E-state index contributed by atoms with van der Waals surface area (Å²) in [7, 11) is 0. The van der Waals surface area contributed by atoms with E-state index in [1.807, 2.05) is 0 Å². The molecule has 1 saturated carbocycles. The van der Waals surface area contributed by atoms with Crippen molar-refractivity contribution in [2.45, 2.75) is 18.9 Å². The predicted molar refractivity (Wildman–Crippen MR) is 78.0 cm³/mol. The molecule has 1 aliphatic rings. The van der Waals surface area contributed by atoms with E-state index in [2.05, 4.69) is 5.32 Å². The summed E-state index contributed by atoms with van der Waals surface area (Å²) in [6, 6.07) is 5.96. The topological polar surface area (TPSA) is 58.6 Å². The van der Waals surface area contributed by atoms with Crippen LogP contribution in [-0.2, 0) is 9.53 Å². The van der Waals surface area contributed by atoms with Gasteiger partial charge in [-0.1, -0.05) is 12.1 Å². The second kappa shape index (κ2) is 7.90. The van der Waals surface area contributed by atoms with Gasteiger partial charge in [0.2, 0.25) is 5.91 Å². The third-order valence-corrected chi connectivity index (χ3v) is 3.15. The molecular weight excluding hydrogens is 273 g/mol. The summed E-state index contributed by atoms with van der Waals surface area (Å²) in [5.74, 6) is -0.0257. The minimum absolute atomic E-state index is 0.136. The lowest BCUT2D eigenvalue weighted by Crippen LogP contribution is -2.33. The lowest BCUT2D eigenvalue weighted by atomic mass is 10.2. The van der Waals surface area contributed by atoms with Crippen molar-refractivity contribution in [2.75, 3.05) is 19.8 Å². The molecule has 21 heavy (non-hydrogen) atoms. The first-order valence-corrected chi connectivity index (χ1v) is 7.11. The maximum atomic E-state index is 12.9. The number of ether oxygens (including phenoxy) is 1. The first kappa shape index (κ1) is 15.7. The Morgan fingerprint density at radius 1 is 1.52 bits per heavy atom. The lowest BCUT2D eigenvalue weighted by molar-refractivity contribution is -0.117. The van der Waals surface area contributed by atoms with Crippen LogP contribution in [0.5, 0.6) is 0 Å². The van der Waals surface area contributed by atoms with E-state index in [9.17, 15) is 14.3 Å². The molecule has 1 atom stereocenters. The fraction of sp³-hybridized carbons (Fsp3) is 0.438. The molecule has 0 bridgehead atoms. The number of rotatable bonds is 8. The Morgan fingerprint density at radius 3 is 3.05 bits per heavy atom. The summed E-state index contributed by atoms with van der Waals surface area (Å²) in [5, 5.41) is 12.2. The molecule has 0 radical (unpaired) electrons. The van der Waals surface area contributed by atoms with E-state index >= 15 is 0 Å². The van der Waals surface area contributed by atoms with Crippen molar-refractivity contribution in [3.05, 3.63) is 41.7 Å². The van der Waals surface area contributed by atoms with Gasteiger partial charge in [0.05, 0.1) is 12.7 Å². The number of nitrogens with one attached hydrogen (secondary N) is 1. The molecule has 0 saturated heterocycles. The van der Waals surface area contributed by atoms with Crippen molar-refractivity contribution in [3.8, 4) is 0 Å². The maximum Gasteiger partial charge on any atom is 0.244 e. The zero-order valence-corrected chi connectivity index (χ0v) is 11.8. The molecule has 2 rings (SSSR count). The van der Waals surface area contributed by atoms with Crippen LogP contribution in [0.3, 0.4) is 0 Å². The minimum atomic E-state index is -0.713. The molecule has 0 aromatic heterocycles. The van der Waals surface area contributed by atoms with Gasteiger partial charge in [0.25, 0.3) is 0 Å². The number of aliphatic hydroxyl groups excluding tert-OH is 1. The van der Waals surface area contributed by atoms with Crippen LogP contribution in [-0.4, -0.2) is 36.9 Å². The quantitative estimate of drug-likeness (QED) is 0.718. The number of benzene rings is 1. The normalized spacial score (nSPS) is 16.1. The second-order valence-corrected chi connectivity index (χ2v) is 5.27. The summed E-state index contributed by atoms with van der Waals surface area (Å²) in [4.78, 5) is 11.6. The van der Waals surface area contributed by atoms with Gasteiger partial charge in [-0.25, -0.2) is 4.39 Å². The van der Waals surface area contributed by atoms with Crippen LogP contribution in [0.15, 0.2) is 30.3 Å². The molecule has 0 heterocycles. The molecule has 0 aliphatic heterocycles. The highest BCUT2D eigenvalue weighted by Crippen LogP contribution is 2.28. The van der Waals surface area contributed by atoms with Crippen molar-refractivity contribution in [1.29, 1.82) is 0 Å². The average molecular weight is 293 g/mol. The Balaban J connectivity index is 1.63. The third kappa shape index (κ3) is 6.51. The molecule has 1 aromatic carbocycles. The van der Waals surface area contributed by atoms with Gasteiger partial charge in [-0.3, -0.25) is 4.79 Å². The Morgan fingerprint density at radius 2 is 2.33 bits per heavy atom. The molecule has 5 heteroatoms. The zero-order chi connectivity index (χ0) is 15.1. The fourth-order valence-electron chi connectivity index (χ4n) is 1.77. The maximum absolute atomic E-state index is 12.9. The monoisotopic (exact) mass is 293 g/mol. The third-order valence-electron chi connectivity index (χ3n) is 3.15. The number of hydrogen-bond acceptors (Lipinski definition) is 3. The van der Waals surface area contributed by atoms with Crippen molar-refractivity contribution in [1.82, 2.24) is 5.32 Å². The van der Waals surface area contributed by atoms with Crippen molar-refractivity contribution >= 4 is 12.0 Å². The van der Waals surface area contributed by atoms with E-state index in [-0.39, 0.29) is 24.9 Å². The van der Waals surface area contributed by atoms with Gasteiger partial charge >= 0.3 is 0 Å². The van der Waals surface area contributed by atoms with E-state index in [0.29, 0.717) is 18.1 Å². The standard InChI is InChI=1S/C16H20FNO3/c17-14-3-1-2-12(8-14)6-7-16(20)18-9-15(19)11-21-10-13-4-5-13/h1-3,6-8,13,15,19H,4-5,9-11H2,(H,18,20)/b7-6+. The molecule has 1 amide bonds. The predicted octanol–water partition coefficient (Wildman–Crippen LogP) is 1.74. The van der Waals surface area contributed by atoms with E-state index in [0.717, 1.165) is 0 Å². The van der Waals surface area contributed by atoms with Gasteiger partial charge in [0, 0.05) is 19.2 Å². The average Bonchev–Trinajstić information content (AvgIpc) is 3.27. The molecule has 1 aliphatic carbocycles. The van der Waals surface area contributed by atoms with Gasteiger partial charge in [-0.2, -0.15) is 0 Å². The largest absolute Gasteiger partial charge is 0.389 e. The van der Waals surface area contributed by atoms with Crippen LogP contribution in [0, 0.1) is 11.7 Å². The van der Waals surface area contributed by atoms with Gasteiger partial charge in [-0.15, -0.1) is 0 Å². The van der Waals surface area contributed by atoms with Crippen molar-refractivity contribution in [3.63, 3.8) is 0 Å². The molecule has 114 valence electrons. The van der Waals surface area contributed by atoms with E-state index in [4.69, 9.17) is 4.74 Å². The highest BCUT2D eigenvalue weighted by Gasteiger charge is 2.21. The molecule has 1 unspecified atom stereocenters. The second-order valence-electron chi connectivity index (χ2n) is 5.27. The summed E-state index contributed by atoms with van der Waals surface area (Å²) >= 11 is 0. The van der Waals surface area contributed by atoms with Crippen LogP contribution in [0.25, 0.3) is 6.08 Å². The van der Waals surface area contributed by atoms with Crippen LogP contribution >= 0.6 is 0 Å². The molecule has 2 N–H and O–H groups in total. The minimum Gasteiger partial charge on any atom is -0.389 e. The molecular formula is C16H20FNO3. The number of carbonyl (C=O) groups excluding carboxylic acids is 1. The van der Waals surface area contributed by atoms with Crippen LogP contribution in [0.1, 0.15) is 18.4 Å². The molecule has 1 aromatic rings.